The van der Waals surface area contributed by atoms with Crippen LogP contribution >= 0.6 is 0 Å². The van der Waals surface area contributed by atoms with Crippen molar-refractivity contribution in [3.05, 3.63) is 118 Å². The topological polar surface area (TPSA) is 0 Å². The molecule has 4 rings (SSSR count). The normalized spacial score (nSPS) is 10.8. The Balaban J connectivity index is 1.42. The van der Waals surface area contributed by atoms with Crippen LogP contribution in [0.5, 0.6) is 0 Å². The predicted molar refractivity (Wildman–Crippen MR) is 147 cm³/mol. The van der Waals surface area contributed by atoms with E-state index in [9.17, 15) is 0 Å². The Hall–Kier alpha value is -3.37. The van der Waals surface area contributed by atoms with Gasteiger partial charge in [-0.2, -0.15) is 0 Å². The molecule has 0 N–H and O–H groups in total. The lowest BCUT2D eigenvalue weighted by molar-refractivity contribution is 0.636. The van der Waals surface area contributed by atoms with E-state index in [4.69, 9.17) is 0 Å². The highest BCUT2D eigenvalue weighted by Gasteiger charge is 2.07. The molecule has 0 amide bonds. The van der Waals surface area contributed by atoms with Crippen LogP contribution in [0.15, 0.2) is 78.9 Å². The summed E-state index contributed by atoms with van der Waals surface area (Å²) < 4.78 is 15.2. The molecular weight excluding hydrogens is 427 g/mol. The van der Waals surface area contributed by atoms with Crippen molar-refractivity contribution in [1.82, 2.24) is 0 Å². The number of hydrogen-bond donors (Lipinski definition) is 0. The fraction of sp³-hybridized carbons (Fsp3) is 0.294. The van der Waals surface area contributed by atoms with Crippen molar-refractivity contribution in [3.63, 3.8) is 0 Å². The lowest BCUT2D eigenvalue weighted by Crippen LogP contribution is -1.93. The molecule has 0 fully saturated rings. The van der Waals surface area contributed by atoms with Gasteiger partial charge in [-0.25, -0.2) is 4.39 Å². The van der Waals surface area contributed by atoms with E-state index >= 15 is 4.39 Å². The lowest BCUT2D eigenvalue weighted by Gasteiger charge is -2.07. The molecule has 0 bridgehead atoms. The van der Waals surface area contributed by atoms with Crippen LogP contribution in [0.25, 0.3) is 10.8 Å². The highest BCUT2D eigenvalue weighted by molar-refractivity contribution is 5.85. The summed E-state index contributed by atoms with van der Waals surface area (Å²) in [5.41, 5.74) is 6.64. The van der Waals surface area contributed by atoms with Gasteiger partial charge >= 0.3 is 0 Å². The molecule has 0 radical (unpaired) electrons. The SMILES string of the molecule is CCCCCCc1ccc(C#Cc2ccc3cc(CCc4ccc(CC)cc4)ccc3c2F)cc1. The fourth-order valence-corrected chi connectivity index (χ4v) is 4.47. The zero-order chi connectivity index (χ0) is 24.5. The van der Waals surface area contributed by atoms with E-state index in [1.165, 1.54) is 47.9 Å². The van der Waals surface area contributed by atoms with Gasteiger partial charge in [-0.3, -0.25) is 0 Å². The number of rotatable bonds is 9. The second kappa shape index (κ2) is 12.4. The fourth-order valence-electron chi connectivity index (χ4n) is 4.47. The van der Waals surface area contributed by atoms with E-state index in [1.807, 2.05) is 30.3 Å². The second-order valence-electron chi connectivity index (χ2n) is 9.41. The summed E-state index contributed by atoms with van der Waals surface area (Å²) in [5.74, 6) is 5.95. The predicted octanol–water partition coefficient (Wildman–Crippen LogP) is 8.85. The van der Waals surface area contributed by atoms with Crippen LogP contribution in [0.1, 0.15) is 72.9 Å². The first-order chi connectivity index (χ1) is 17.2. The van der Waals surface area contributed by atoms with E-state index in [2.05, 4.69) is 68.2 Å². The second-order valence-corrected chi connectivity index (χ2v) is 9.41. The van der Waals surface area contributed by atoms with Gasteiger partial charge < -0.3 is 0 Å². The average molecular weight is 463 g/mol. The molecule has 0 unspecified atom stereocenters. The van der Waals surface area contributed by atoms with Crippen LogP contribution in [0.3, 0.4) is 0 Å². The van der Waals surface area contributed by atoms with Gasteiger partial charge in [0.15, 0.2) is 0 Å². The van der Waals surface area contributed by atoms with Crippen molar-refractivity contribution in [3.8, 4) is 11.8 Å². The molecule has 0 saturated carbocycles. The van der Waals surface area contributed by atoms with Gasteiger partial charge in [0.2, 0.25) is 0 Å². The minimum absolute atomic E-state index is 0.232. The molecular formula is C34H35F. The Bertz CT molecular complexity index is 1300. The van der Waals surface area contributed by atoms with Gasteiger partial charge in [0.05, 0.1) is 5.56 Å². The number of benzene rings is 4. The number of hydrogen-bond acceptors (Lipinski definition) is 0. The van der Waals surface area contributed by atoms with Crippen LogP contribution < -0.4 is 0 Å². The molecule has 4 aromatic rings. The summed E-state index contributed by atoms with van der Waals surface area (Å²) in [6.45, 7) is 4.41. The Kier molecular flexibility index (Phi) is 8.74. The highest BCUT2D eigenvalue weighted by atomic mass is 19.1. The third-order valence-corrected chi connectivity index (χ3v) is 6.77. The average Bonchev–Trinajstić information content (AvgIpc) is 2.90. The lowest BCUT2D eigenvalue weighted by atomic mass is 9.99. The molecule has 0 nitrogen and oxygen atoms in total. The van der Waals surface area contributed by atoms with Crippen molar-refractivity contribution in [1.29, 1.82) is 0 Å². The molecule has 0 aliphatic heterocycles. The first kappa shape index (κ1) is 24.7. The van der Waals surface area contributed by atoms with Crippen molar-refractivity contribution >= 4 is 10.8 Å². The van der Waals surface area contributed by atoms with E-state index in [1.54, 1.807) is 6.07 Å². The Morgan fingerprint density at radius 3 is 2.00 bits per heavy atom. The number of unbranched alkanes of at least 4 members (excludes halogenated alkanes) is 3. The van der Waals surface area contributed by atoms with Crippen LogP contribution in [0.4, 0.5) is 4.39 Å². The van der Waals surface area contributed by atoms with Gasteiger partial charge in [-0.05, 0) is 77.9 Å². The minimum atomic E-state index is -0.232. The first-order valence-electron chi connectivity index (χ1n) is 13.1. The summed E-state index contributed by atoms with van der Waals surface area (Å²) in [6.07, 6.45) is 9.18. The van der Waals surface area contributed by atoms with E-state index in [-0.39, 0.29) is 5.82 Å². The van der Waals surface area contributed by atoms with Gasteiger partial charge in [-0.1, -0.05) is 106 Å². The molecule has 1 heteroatoms. The quantitative estimate of drug-likeness (QED) is 0.172. The van der Waals surface area contributed by atoms with Gasteiger partial charge in [0.25, 0.3) is 0 Å². The van der Waals surface area contributed by atoms with Crippen molar-refractivity contribution in [2.24, 2.45) is 0 Å². The zero-order valence-corrected chi connectivity index (χ0v) is 21.0. The third-order valence-electron chi connectivity index (χ3n) is 6.77. The number of aryl methyl sites for hydroxylation is 4. The van der Waals surface area contributed by atoms with Crippen molar-refractivity contribution in [2.75, 3.05) is 0 Å². The molecule has 0 atom stereocenters. The van der Waals surface area contributed by atoms with Gasteiger partial charge in [0, 0.05) is 10.9 Å². The standard InChI is InChI=1S/C34H35F/c1-3-5-6-7-8-27-13-15-29(16-14-27)19-21-31-22-23-32-25-30(20-24-33(32)34(31)35)18-17-28-11-9-26(4-2)10-12-28/h9-16,20,22-25H,3-8,17-18H2,1-2H3. The Morgan fingerprint density at radius 2 is 1.26 bits per heavy atom. The number of fused-ring (bicyclic) bond motifs is 1. The molecule has 0 spiro atoms. The summed E-state index contributed by atoms with van der Waals surface area (Å²) in [7, 11) is 0. The van der Waals surface area contributed by atoms with Crippen LogP contribution in [-0.4, -0.2) is 0 Å². The molecule has 178 valence electrons. The first-order valence-corrected chi connectivity index (χ1v) is 13.1. The summed E-state index contributed by atoms with van der Waals surface area (Å²) in [5, 5.41) is 1.56. The van der Waals surface area contributed by atoms with Crippen LogP contribution in [0, 0.1) is 17.7 Å². The summed E-state index contributed by atoms with van der Waals surface area (Å²) >= 11 is 0. The van der Waals surface area contributed by atoms with Crippen LogP contribution in [-0.2, 0) is 25.7 Å². The molecule has 0 heterocycles. The van der Waals surface area contributed by atoms with Crippen LogP contribution in [0.2, 0.25) is 0 Å². The Labute approximate surface area is 210 Å². The van der Waals surface area contributed by atoms with Gasteiger partial charge in [0.1, 0.15) is 5.82 Å². The summed E-state index contributed by atoms with van der Waals surface area (Å²) in [6, 6.07) is 27.1. The van der Waals surface area contributed by atoms with E-state index in [0.29, 0.717) is 10.9 Å². The van der Waals surface area contributed by atoms with Gasteiger partial charge in [-0.15, -0.1) is 0 Å². The third kappa shape index (κ3) is 6.83. The molecule has 0 aliphatic rings. The van der Waals surface area contributed by atoms with Crippen molar-refractivity contribution < 1.29 is 4.39 Å². The maximum Gasteiger partial charge on any atom is 0.146 e. The zero-order valence-electron chi connectivity index (χ0n) is 21.0. The highest BCUT2D eigenvalue weighted by Crippen LogP contribution is 2.23. The van der Waals surface area contributed by atoms with E-state index in [0.717, 1.165) is 36.6 Å². The Morgan fingerprint density at radius 1 is 0.600 bits per heavy atom. The molecule has 4 aromatic carbocycles. The van der Waals surface area contributed by atoms with E-state index < -0.39 is 0 Å². The smallest absolute Gasteiger partial charge is 0.146 e. The minimum Gasteiger partial charge on any atom is -0.205 e. The largest absolute Gasteiger partial charge is 0.205 e. The monoisotopic (exact) mass is 462 g/mol. The molecule has 35 heavy (non-hydrogen) atoms. The molecule has 0 aliphatic carbocycles. The summed E-state index contributed by atoms with van der Waals surface area (Å²) in [4.78, 5) is 0. The number of halogens is 1. The van der Waals surface area contributed by atoms with Crippen molar-refractivity contribution in [2.45, 2.75) is 65.2 Å². The molecule has 0 saturated heterocycles. The maximum atomic E-state index is 15.2. The molecule has 0 aromatic heterocycles. The maximum absolute atomic E-state index is 15.2.